The molecule has 138 valence electrons. The minimum absolute atomic E-state index is 0.364. The third-order valence-corrected chi connectivity index (χ3v) is 5.27. The Morgan fingerprint density at radius 1 is 1.40 bits per heavy atom. The number of rotatable bonds is 6. The molecule has 2 rings (SSSR count). The van der Waals surface area contributed by atoms with Crippen LogP contribution in [0.3, 0.4) is 0 Å². The van der Waals surface area contributed by atoms with E-state index in [4.69, 9.17) is 11.6 Å². The van der Waals surface area contributed by atoms with E-state index in [0.717, 1.165) is 25.9 Å². The van der Waals surface area contributed by atoms with Crippen LogP contribution in [-0.4, -0.2) is 36.0 Å². The van der Waals surface area contributed by atoms with Crippen LogP contribution in [0.2, 0.25) is 4.34 Å². The van der Waals surface area contributed by atoms with Crippen LogP contribution in [0.4, 0.5) is 13.2 Å². The van der Waals surface area contributed by atoms with Crippen molar-refractivity contribution >= 4 is 40.2 Å². The fourth-order valence-electron chi connectivity index (χ4n) is 2.03. The molecule has 4 nitrogen and oxygen atoms in total. The molecule has 25 heavy (non-hydrogen) atoms. The molecule has 0 radical (unpaired) electrons. The molecular weight excluding hydrogens is 393 g/mol. The highest BCUT2D eigenvalue weighted by Gasteiger charge is 2.33. The molecule has 0 aliphatic rings. The van der Waals surface area contributed by atoms with Gasteiger partial charge in [-0.15, -0.1) is 22.7 Å². The number of thiophene rings is 1. The third-order valence-electron chi connectivity index (χ3n) is 3.15. The predicted molar refractivity (Wildman–Crippen MR) is 97.6 cm³/mol. The molecule has 2 heterocycles. The van der Waals surface area contributed by atoms with Crippen molar-refractivity contribution in [3.05, 3.63) is 37.4 Å². The van der Waals surface area contributed by atoms with E-state index in [9.17, 15) is 13.2 Å². The molecule has 0 unspecified atom stereocenters. The average molecular weight is 411 g/mol. The second-order valence-corrected chi connectivity index (χ2v) is 7.91. The summed E-state index contributed by atoms with van der Waals surface area (Å²) in [7, 11) is 1.90. The molecule has 0 atom stereocenters. The summed E-state index contributed by atoms with van der Waals surface area (Å²) in [4.78, 5) is 11.1. The van der Waals surface area contributed by atoms with Gasteiger partial charge in [0.25, 0.3) is 0 Å². The van der Waals surface area contributed by atoms with E-state index < -0.39 is 11.9 Å². The maximum atomic E-state index is 12.6. The van der Waals surface area contributed by atoms with Gasteiger partial charge in [-0.1, -0.05) is 11.6 Å². The van der Waals surface area contributed by atoms with Crippen molar-refractivity contribution in [2.45, 2.75) is 26.1 Å². The fourth-order valence-corrected chi connectivity index (χ4v) is 3.96. The molecule has 0 bridgehead atoms. The molecule has 0 aliphatic heterocycles. The molecule has 0 amide bonds. The zero-order valence-electron chi connectivity index (χ0n) is 13.7. The van der Waals surface area contributed by atoms with E-state index in [0.29, 0.717) is 37.0 Å². The van der Waals surface area contributed by atoms with Crippen molar-refractivity contribution in [3.8, 4) is 0 Å². The van der Waals surface area contributed by atoms with Crippen molar-refractivity contribution in [1.29, 1.82) is 0 Å². The lowest BCUT2D eigenvalue weighted by molar-refractivity contribution is -0.140. The Morgan fingerprint density at radius 2 is 2.16 bits per heavy atom. The summed E-state index contributed by atoms with van der Waals surface area (Å²) in [6.45, 7) is 3.67. The fraction of sp³-hybridized carbons (Fsp3) is 0.467. The van der Waals surface area contributed by atoms with Crippen LogP contribution in [0.25, 0.3) is 0 Å². The number of nitrogens with zero attached hydrogens (tertiary/aromatic N) is 3. The van der Waals surface area contributed by atoms with E-state index in [1.807, 2.05) is 31.0 Å². The highest BCUT2D eigenvalue weighted by Crippen LogP contribution is 2.30. The van der Waals surface area contributed by atoms with Gasteiger partial charge in [0.15, 0.2) is 11.7 Å². The molecule has 10 heteroatoms. The maximum Gasteiger partial charge on any atom is 0.434 e. The molecule has 0 fully saturated rings. The van der Waals surface area contributed by atoms with Crippen molar-refractivity contribution in [2.75, 3.05) is 20.1 Å². The zero-order chi connectivity index (χ0) is 18.4. The maximum absolute atomic E-state index is 12.6. The number of aromatic nitrogens is 1. The minimum atomic E-state index is -4.39. The van der Waals surface area contributed by atoms with Crippen LogP contribution in [0.1, 0.15) is 22.5 Å². The van der Waals surface area contributed by atoms with E-state index >= 15 is 0 Å². The van der Waals surface area contributed by atoms with Crippen molar-refractivity contribution < 1.29 is 13.2 Å². The predicted octanol–water partition coefficient (Wildman–Crippen LogP) is 4.52. The van der Waals surface area contributed by atoms with Gasteiger partial charge in [-0.05, 0) is 19.1 Å². The molecule has 2 aromatic rings. The average Bonchev–Trinajstić information content (AvgIpc) is 3.15. The molecule has 2 aromatic heterocycles. The summed E-state index contributed by atoms with van der Waals surface area (Å²) in [5, 5.41) is 4.64. The third kappa shape index (κ3) is 6.16. The molecule has 0 saturated heterocycles. The van der Waals surface area contributed by atoms with Gasteiger partial charge in [0.2, 0.25) is 0 Å². The van der Waals surface area contributed by atoms with Gasteiger partial charge in [-0.3, -0.25) is 4.99 Å². The van der Waals surface area contributed by atoms with Crippen LogP contribution in [-0.2, 0) is 19.1 Å². The Hall–Kier alpha value is -1.32. The topological polar surface area (TPSA) is 40.5 Å². The SMILES string of the molecule is CCNC(=NCCc1nc(C(F)(F)F)cs1)N(C)Cc1ccc(Cl)s1. The first-order valence-electron chi connectivity index (χ1n) is 7.55. The second-order valence-electron chi connectivity index (χ2n) is 5.17. The molecule has 0 aliphatic carbocycles. The quantitative estimate of drug-likeness (QED) is 0.562. The van der Waals surface area contributed by atoms with E-state index in [1.54, 1.807) is 0 Å². The first-order chi connectivity index (χ1) is 11.8. The summed E-state index contributed by atoms with van der Waals surface area (Å²) >= 11 is 8.45. The Morgan fingerprint density at radius 3 is 2.72 bits per heavy atom. The van der Waals surface area contributed by atoms with Gasteiger partial charge in [0.1, 0.15) is 0 Å². The van der Waals surface area contributed by atoms with Gasteiger partial charge < -0.3 is 10.2 Å². The van der Waals surface area contributed by atoms with E-state index in [-0.39, 0.29) is 0 Å². The lowest BCUT2D eigenvalue weighted by atomic mass is 10.4. The molecular formula is C15H18ClF3N4S2. The first-order valence-corrected chi connectivity index (χ1v) is 9.62. The van der Waals surface area contributed by atoms with Crippen molar-refractivity contribution in [3.63, 3.8) is 0 Å². The van der Waals surface area contributed by atoms with Crippen LogP contribution in [0.5, 0.6) is 0 Å². The number of thiazole rings is 1. The highest BCUT2D eigenvalue weighted by molar-refractivity contribution is 7.16. The van der Waals surface area contributed by atoms with Crippen molar-refractivity contribution in [2.24, 2.45) is 4.99 Å². The lowest BCUT2D eigenvalue weighted by Gasteiger charge is -2.21. The molecule has 0 aromatic carbocycles. The number of aliphatic imine (C=N–C) groups is 1. The van der Waals surface area contributed by atoms with Gasteiger partial charge in [0.05, 0.1) is 15.9 Å². The number of alkyl halides is 3. The molecule has 1 N–H and O–H groups in total. The van der Waals surface area contributed by atoms with Gasteiger partial charge in [-0.2, -0.15) is 13.2 Å². The van der Waals surface area contributed by atoms with Gasteiger partial charge >= 0.3 is 6.18 Å². The number of hydrogen-bond acceptors (Lipinski definition) is 4. The van der Waals surface area contributed by atoms with Crippen molar-refractivity contribution in [1.82, 2.24) is 15.2 Å². The summed E-state index contributed by atoms with van der Waals surface area (Å²) in [5.41, 5.74) is -0.838. The highest BCUT2D eigenvalue weighted by atomic mass is 35.5. The van der Waals surface area contributed by atoms with E-state index in [2.05, 4.69) is 15.3 Å². The van der Waals surface area contributed by atoms with E-state index in [1.165, 1.54) is 11.3 Å². The largest absolute Gasteiger partial charge is 0.434 e. The summed E-state index contributed by atoms with van der Waals surface area (Å²) in [5.74, 6) is 0.694. The number of hydrogen-bond donors (Lipinski definition) is 1. The smallest absolute Gasteiger partial charge is 0.357 e. The Labute approximate surface area is 157 Å². The van der Waals surface area contributed by atoms with Crippen LogP contribution < -0.4 is 5.32 Å². The minimum Gasteiger partial charge on any atom is -0.357 e. The first kappa shape index (κ1) is 20.0. The van der Waals surface area contributed by atoms with Crippen LogP contribution in [0, 0.1) is 0 Å². The molecule has 0 saturated carbocycles. The van der Waals surface area contributed by atoms with Gasteiger partial charge in [0, 0.05) is 36.8 Å². The Bertz CT molecular complexity index is 712. The van der Waals surface area contributed by atoms with Gasteiger partial charge in [-0.25, -0.2) is 4.98 Å². The Balaban J connectivity index is 1.95. The number of nitrogens with one attached hydrogen (secondary N) is 1. The molecule has 0 spiro atoms. The zero-order valence-corrected chi connectivity index (χ0v) is 16.1. The Kier molecular flexibility index (Phi) is 7.09. The summed E-state index contributed by atoms with van der Waals surface area (Å²) in [6, 6.07) is 3.81. The summed E-state index contributed by atoms with van der Waals surface area (Å²) < 4.78 is 38.4. The monoisotopic (exact) mass is 410 g/mol. The number of halogens is 4. The lowest BCUT2D eigenvalue weighted by Crippen LogP contribution is -2.38. The summed E-state index contributed by atoms with van der Waals surface area (Å²) in [6.07, 6.45) is -4.02. The normalized spacial score (nSPS) is 12.5. The van der Waals surface area contributed by atoms with Crippen LogP contribution >= 0.6 is 34.3 Å². The standard InChI is InChI=1S/C15H18ClF3N4S2/c1-3-20-14(23(2)8-10-4-5-12(16)25-10)21-7-6-13-22-11(9-24-13)15(17,18)19/h4-5,9H,3,6-8H2,1-2H3,(H,20,21). The number of guanidine groups is 1. The second kappa shape index (κ2) is 8.86. The van der Waals surface area contributed by atoms with Crippen LogP contribution in [0.15, 0.2) is 22.5 Å².